The quantitative estimate of drug-likeness (QED) is 0.546. The topological polar surface area (TPSA) is 9.23 Å². The molecule has 4 aliphatic rings. The zero-order valence-corrected chi connectivity index (χ0v) is 15.9. The third-order valence-corrected chi connectivity index (χ3v) is 19.7. The maximum Gasteiger partial charge on any atom is 0.182 e. The van der Waals surface area contributed by atoms with Gasteiger partial charge in [-0.25, -0.2) is 0 Å². The lowest BCUT2D eigenvalue weighted by molar-refractivity contribution is 0.359. The molecule has 0 aromatic heterocycles. The van der Waals surface area contributed by atoms with Crippen molar-refractivity contribution < 1.29 is 4.12 Å². The Labute approximate surface area is 133 Å². The van der Waals surface area contributed by atoms with Gasteiger partial charge in [0.15, 0.2) is 16.6 Å². The first-order chi connectivity index (χ1) is 10.3. The van der Waals surface area contributed by atoms with Gasteiger partial charge in [-0.05, 0) is 35.3 Å². The summed E-state index contributed by atoms with van der Waals surface area (Å²) < 4.78 is 7.45. The number of hydrogen-bond donors (Lipinski definition) is 0. The van der Waals surface area contributed by atoms with Crippen LogP contribution < -0.4 is 0 Å². The van der Waals surface area contributed by atoms with Crippen LogP contribution in [0.4, 0.5) is 0 Å². The van der Waals surface area contributed by atoms with Gasteiger partial charge in [0.1, 0.15) is 0 Å². The van der Waals surface area contributed by atoms with Crippen molar-refractivity contribution in [1.82, 2.24) is 0 Å². The highest BCUT2D eigenvalue weighted by atomic mass is 28.4. The molecule has 0 unspecified atom stereocenters. The van der Waals surface area contributed by atoms with E-state index in [1.54, 1.807) is 49.9 Å². The molecule has 4 rings (SSSR count). The first-order valence-corrected chi connectivity index (χ1v) is 14.8. The molecule has 2 aliphatic carbocycles. The van der Waals surface area contributed by atoms with Crippen molar-refractivity contribution >= 4 is 16.6 Å². The molecule has 0 N–H and O–H groups in total. The molecule has 0 aromatic carbocycles. The van der Waals surface area contributed by atoms with Crippen LogP contribution in [0.15, 0.2) is 0 Å². The SMILES string of the molecule is C1CCC([Si]2(O[Si]3(C4CCCCC4)CCC3)CCC2)CC1. The normalized spacial score (nSPS) is 33.1. The predicted molar refractivity (Wildman–Crippen MR) is 94.7 cm³/mol. The molecule has 2 saturated carbocycles. The average Bonchev–Trinajstić information content (AvgIpc) is 2.47. The summed E-state index contributed by atoms with van der Waals surface area (Å²) in [5.74, 6) is 0. The second kappa shape index (κ2) is 6.12. The van der Waals surface area contributed by atoms with Crippen LogP contribution in [0.5, 0.6) is 0 Å². The number of rotatable bonds is 4. The van der Waals surface area contributed by atoms with Crippen LogP contribution in [-0.2, 0) is 4.12 Å². The van der Waals surface area contributed by atoms with E-state index >= 15 is 0 Å². The van der Waals surface area contributed by atoms with Gasteiger partial charge in [0.25, 0.3) is 0 Å². The first-order valence-electron chi connectivity index (χ1n) is 10.0. The van der Waals surface area contributed by atoms with Gasteiger partial charge in [-0.15, -0.1) is 0 Å². The van der Waals surface area contributed by atoms with E-state index in [1.165, 1.54) is 51.4 Å². The van der Waals surface area contributed by atoms with Crippen LogP contribution in [-0.4, -0.2) is 16.6 Å². The van der Waals surface area contributed by atoms with E-state index in [4.69, 9.17) is 4.12 Å². The molecule has 2 aliphatic heterocycles. The lowest BCUT2D eigenvalue weighted by Crippen LogP contribution is -2.62. The fraction of sp³-hybridized carbons (Fsp3) is 1.00. The van der Waals surface area contributed by atoms with Gasteiger partial charge in [-0.3, -0.25) is 0 Å². The lowest BCUT2D eigenvalue weighted by atomic mass is 10.0. The first kappa shape index (κ1) is 15.0. The fourth-order valence-electron chi connectivity index (χ4n) is 5.90. The summed E-state index contributed by atoms with van der Waals surface area (Å²) in [5, 5.41) is 0. The van der Waals surface area contributed by atoms with Crippen molar-refractivity contribution in [3.8, 4) is 0 Å². The lowest BCUT2D eigenvalue weighted by Gasteiger charge is -2.57. The summed E-state index contributed by atoms with van der Waals surface area (Å²) in [7, 11) is -2.54. The highest BCUT2D eigenvalue weighted by Crippen LogP contribution is 2.56. The molecule has 4 fully saturated rings. The Morgan fingerprint density at radius 1 is 0.476 bits per heavy atom. The van der Waals surface area contributed by atoms with Gasteiger partial charge >= 0.3 is 0 Å². The summed E-state index contributed by atoms with van der Waals surface area (Å²) in [4.78, 5) is 0. The third-order valence-electron chi connectivity index (χ3n) is 7.50. The van der Waals surface area contributed by atoms with Crippen LogP contribution in [0, 0.1) is 0 Å². The smallest absolute Gasteiger partial charge is 0.182 e. The van der Waals surface area contributed by atoms with Gasteiger partial charge in [0.05, 0.1) is 0 Å². The largest absolute Gasteiger partial charge is 0.454 e. The summed E-state index contributed by atoms with van der Waals surface area (Å²) in [6, 6.07) is 6.22. The van der Waals surface area contributed by atoms with Crippen molar-refractivity contribution in [1.29, 1.82) is 0 Å². The second-order valence-corrected chi connectivity index (χ2v) is 17.3. The van der Waals surface area contributed by atoms with E-state index in [2.05, 4.69) is 0 Å². The van der Waals surface area contributed by atoms with E-state index in [9.17, 15) is 0 Å². The monoisotopic (exact) mass is 322 g/mol. The van der Waals surface area contributed by atoms with Gasteiger partial charge in [0, 0.05) is 0 Å². The fourth-order valence-corrected chi connectivity index (χ4v) is 18.8. The Hall–Kier alpha value is 0.394. The van der Waals surface area contributed by atoms with Crippen LogP contribution >= 0.6 is 0 Å². The molecular weight excluding hydrogens is 288 g/mol. The minimum Gasteiger partial charge on any atom is -0.454 e. The summed E-state index contributed by atoms with van der Waals surface area (Å²) in [6.45, 7) is 0. The third kappa shape index (κ3) is 2.72. The second-order valence-electron chi connectivity index (χ2n) is 8.61. The van der Waals surface area contributed by atoms with Crippen LogP contribution in [0.25, 0.3) is 0 Å². The Morgan fingerprint density at radius 3 is 1.14 bits per heavy atom. The Morgan fingerprint density at radius 2 is 0.857 bits per heavy atom. The molecule has 1 nitrogen and oxygen atoms in total. The predicted octanol–water partition coefficient (Wildman–Crippen LogP) is 6.37. The molecular formula is C18H34OSi2. The molecule has 0 spiro atoms. The molecule has 0 atom stereocenters. The molecule has 2 heterocycles. The Kier molecular flexibility index (Phi) is 4.36. The minimum atomic E-state index is -1.27. The average molecular weight is 323 g/mol. The zero-order valence-electron chi connectivity index (χ0n) is 13.9. The van der Waals surface area contributed by atoms with Crippen molar-refractivity contribution in [3.05, 3.63) is 0 Å². The molecule has 120 valence electrons. The van der Waals surface area contributed by atoms with Gasteiger partial charge in [0.2, 0.25) is 0 Å². The molecule has 0 aromatic rings. The van der Waals surface area contributed by atoms with Crippen molar-refractivity contribution in [2.45, 2.75) is 112 Å². The molecule has 0 amide bonds. The van der Waals surface area contributed by atoms with E-state index in [-0.39, 0.29) is 0 Å². The van der Waals surface area contributed by atoms with Crippen molar-refractivity contribution in [2.24, 2.45) is 0 Å². The van der Waals surface area contributed by atoms with Crippen LogP contribution in [0.1, 0.15) is 77.0 Å². The minimum absolute atomic E-state index is 1.08. The molecule has 3 heteroatoms. The summed E-state index contributed by atoms with van der Waals surface area (Å²) in [6.07, 6.45) is 18.3. The molecule has 0 radical (unpaired) electrons. The molecule has 21 heavy (non-hydrogen) atoms. The number of hydrogen-bond acceptors (Lipinski definition) is 1. The van der Waals surface area contributed by atoms with E-state index in [0.29, 0.717) is 0 Å². The maximum absolute atomic E-state index is 7.45. The zero-order chi connectivity index (χ0) is 14.2. The molecule has 0 bridgehead atoms. The Balaban J connectivity index is 1.48. The Bertz CT molecular complexity index is 316. The summed E-state index contributed by atoms with van der Waals surface area (Å²) >= 11 is 0. The molecule has 2 saturated heterocycles. The van der Waals surface area contributed by atoms with E-state index in [0.717, 1.165) is 11.1 Å². The van der Waals surface area contributed by atoms with Crippen molar-refractivity contribution in [2.75, 3.05) is 0 Å². The highest BCUT2D eigenvalue weighted by Gasteiger charge is 2.57. The van der Waals surface area contributed by atoms with Gasteiger partial charge in [-0.1, -0.05) is 77.0 Å². The van der Waals surface area contributed by atoms with Gasteiger partial charge < -0.3 is 4.12 Å². The van der Waals surface area contributed by atoms with E-state index < -0.39 is 16.6 Å². The van der Waals surface area contributed by atoms with E-state index in [1.807, 2.05) is 0 Å². The van der Waals surface area contributed by atoms with Gasteiger partial charge in [-0.2, -0.15) is 0 Å². The van der Waals surface area contributed by atoms with Crippen molar-refractivity contribution in [3.63, 3.8) is 0 Å². The van der Waals surface area contributed by atoms with Crippen LogP contribution in [0.3, 0.4) is 0 Å². The highest BCUT2D eigenvalue weighted by molar-refractivity contribution is 6.90. The van der Waals surface area contributed by atoms with Crippen LogP contribution in [0.2, 0.25) is 35.3 Å². The summed E-state index contributed by atoms with van der Waals surface area (Å²) in [5.41, 5.74) is 2.15. The standard InChI is InChI=1S/C18H34OSi2/c1-3-9-17(10-4-1)20(13-7-14-20)19-21(15-8-16-21)18-11-5-2-6-12-18/h17-18H,1-16H2. The maximum atomic E-state index is 7.45.